The predicted octanol–water partition coefficient (Wildman–Crippen LogP) is 2.14. The van der Waals surface area contributed by atoms with Crippen LogP contribution in [0.5, 0.6) is 0 Å². The molecule has 78 valence electrons. The van der Waals surface area contributed by atoms with Crippen molar-refractivity contribution in [2.45, 2.75) is 39.7 Å². The van der Waals surface area contributed by atoms with Crippen LogP contribution in [0, 0.1) is 5.41 Å². The number of hydrogen-bond donors (Lipinski definition) is 0. The van der Waals surface area contributed by atoms with Gasteiger partial charge >= 0.3 is 0 Å². The van der Waals surface area contributed by atoms with Crippen LogP contribution in [-0.4, -0.2) is 37.7 Å². The molecular formula is C11H23NO. The zero-order valence-corrected chi connectivity index (χ0v) is 9.47. The minimum atomic E-state index is 0.410. The van der Waals surface area contributed by atoms with Crippen molar-refractivity contribution in [3.63, 3.8) is 0 Å². The summed E-state index contributed by atoms with van der Waals surface area (Å²) in [6.45, 7) is 9.95. The summed E-state index contributed by atoms with van der Waals surface area (Å²) >= 11 is 0. The van der Waals surface area contributed by atoms with Crippen LogP contribution in [-0.2, 0) is 4.74 Å². The van der Waals surface area contributed by atoms with Gasteiger partial charge in [-0.15, -0.1) is 0 Å². The molecule has 2 heteroatoms. The van der Waals surface area contributed by atoms with E-state index >= 15 is 0 Å². The molecule has 0 amide bonds. The van der Waals surface area contributed by atoms with E-state index in [0.717, 1.165) is 19.3 Å². The van der Waals surface area contributed by atoms with Crippen molar-refractivity contribution >= 4 is 0 Å². The maximum atomic E-state index is 5.35. The van der Waals surface area contributed by atoms with Gasteiger partial charge in [0, 0.05) is 25.8 Å². The first-order valence-electron chi connectivity index (χ1n) is 5.27. The lowest BCUT2D eigenvalue weighted by Crippen LogP contribution is -2.40. The van der Waals surface area contributed by atoms with Gasteiger partial charge in [-0.25, -0.2) is 0 Å². The Hall–Kier alpha value is -0.0800. The van der Waals surface area contributed by atoms with Gasteiger partial charge in [0.15, 0.2) is 0 Å². The molecule has 0 unspecified atom stereocenters. The van der Waals surface area contributed by atoms with E-state index in [9.17, 15) is 0 Å². The minimum absolute atomic E-state index is 0.410. The van der Waals surface area contributed by atoms with Gasteiger partial charge in [-0.05, 0) is 25.3 Å². The molecular weight excluding hydrogens is 162 g/mol. The Balaban J connectivity index is 2.33. The topological polar surface area (TPSA) is 12.5 Å². The summed E-state index contributed by atoms with van der Waals surface area (Å²) in [6, 6.07) is 0.743. The molecule has 2 nitrogen and oxygen atoms in total. The molecule has 0 saturated carbocycles. The zero-order chi connectivity index (χ0) is 9.90. The Morgan fingerprint density at radius 2 is 1.77 bits per heavy atom. The maximum absolute atomic E-state index is 5.35. The van der Waals surface area contributed by atoms with Crippen molar-refractivity contribution < 1.29 is 4.74 Å². The van der Waals surface area contributed by atoms with E-state index in [4.69, 9.17) is 4.74 Å². The van der Waals surface area contributed by atoms with E-state index in [1.807, 2.05) is 0 Å². The third-order valence-corrected chi connectivity index (χ3v) is 2.54. The molecule has 1 aliphatic heterocycles. The Morgan fingerprint density at radius 3 is 2.23 bits per heavy atom. The molecule has 0 radical (unpaired) electrons. The molecule has 0 aromatic heterocycles. The smallest absolute Gasteiger partial charge is 0.0480 e. The first-order chi connectivity index (χ1) is 5.99. The highest BCUT2D eigenvalue weighted by Crippen LogP contribution is 2.19. The summed E-state index contributed by atoms with van der Waals surface area (Å²) in [5.41, 5.74) is 0.410. The average molecular weight is 185 g/mol. The van der Waals surface area contributed by atoms with E-state index < -0.39 is 0 Å². The molecule has 0 bridgehead atoms. The highest BCUT2D eigenvalue weighted by molar-refractivity contribution is 4.75. The monoisotopic (exact) mass is 185 g/mol. The third-order valence-electron chi connectivity index (χ3n) is 2.54. The summed E-state index contributed by atoms with van der Waals surface area (Å²) < 4.78 is 5.35. The Bertz CT molecular complexity index is 145. The van der Waals surface area contributed by atoms with Gasteiger partial charge in [0.1, 0.15) is 0 Å². The molecule has 0 aliphatic carbocycles. The van der Waals surface area contributed by atoms with Crippen molar-refractivity contribution in [1.29, 1.82) is 0 Å². The summed E-state index contributed by atoms with van der Waals surface area (Å²) in [5.74, 6) is 0. The highest BCUT2D eigenvalue weighted by atomic mass is 16.5. The van der Waals surface area contributed by atoms with Crippen molar-refractivity contribution in [2.24, 2.45) is 5.41 Å². The molecule has 0 spiro atoms. The normalized spacial score (nSPS) is 21.0. The second-order valence-corrected chi connectivity index (χ2v) is 5.32. The molecule has 1 saturated heterocycles. The van der Waals surface area contributed by atoms with Gasteiger partial charge in [-0.3, -0.25) is 0 Å². The lowest BCUT2D eigenvalue weighted by atomic mass is 9.94. The van der Waals surface area contributed by atoms with Crippen molar-refractivity contribution in [2.75, 3.05) is 26.8 Å². The summed E-state index contributed by atoms with van der Waals surface area (Å²) in [4.78, 5) is 2.49. The molecule has 13 heavy (non-hydrogen) atoms. The SMILES string of the molecule is CN(CC(C)(C)C)C1CCOCC1. The zero-order valence-electron chi connectivity index (χ0n) is 9.47. The van der Waals surface area contributed by atoms with Gasteiger partial charge in [0.25, 0.3) is 0 Å². The van der Waals surface area contributed by atoms with Crippen LogP contribution in [0.1, 0.15) is 33.6 Å². The number of hydrogen-bond acceptors (Lipinski definition) is 2. The first kappa shape index (κ1) is 11.0. The lowest BCUT2D eigenvalue weighted by Gasteiger charge is -2.35. The van der Waals surface area contributed by atoms with Crippen LogP contribution >= 0.6 is 0 Å². The van der Waals surface area contributed by atoms with Gasteiger partial charge in [-0.2, -0.15) is 0 Å². The maximum Gasteiger partial charge on any atom is 0.0480 e. The van der Waals surface area contributed by atoms with Crippen LogP contribution < -0.4 is 0 Å². The lowest BCUT2D eigenvalue weighted by molar-refractivity contribution is 0.0332. The van der Waals surface area contributed by atoms with Crippen LogP contribution in [0.25, 0.3) is 0 Å². The molecule has 0 atom stereocenters. The minimum Gasteiger partial charge on any atom is -0.381 e. The molecule has 1 rings (SSSR count). The van der Waals surface area contributed by atoms with Crippen LogP contribution in [0.15, 0.2) is 0 Å². The van der Waals surface area contributed by atoms with E-state index in [1.54, 1.807) is 0 Å². The molecule has 0 aromatic carbocycles. The molecule has 0 aromatic rings. The van der Waals surface area contributed by atoms with E-state index in [2.05, 4.69) is 32.7 Å². The Kier molecular flexibility index (Phi) is 3.74. The molecule has 1 aliphatic rings. The van der Waals surface area contributed by atoms with Crippen molar-refractivity contribution in [3.8, 4) is 0 Å². The van der Waals surface area contributed by atoms with E-state index in [-0.39, 0.29) is 0 Å². The fourth-order valence-corrected chi connectivity index (χ4v) is 2.00. The van der Waals surface area contributed by atoms with E-state index in [0.29, 0.717) is 5.41 Å². The predicted molar refractivity (Wildman–Crippen MR) is 55.9 cm³/mol. The Morgan fingerprint density at radius 1 is 1.23 bits per heavy atom. The Labute approximate surface area is 82.3 Å². The van der Waals surface area contributed by atoms with Gasteiger partial charge < -0.3 is 9.64 Å². The summed E-state index contributed by atoms with van der Waals surface area (Å²) in [5, 5.41) is 0. The van der Waals surface area contributed by atoms with Crippen molar-refractivity contribution in [1.82, 2.24) is 4.90 Å². The van der Waals surface area contributed by atoms with Crippen LogP contribution in [0.2, 0.25) is 0 Å². The number of nitrogens with zero attached hydrogens (tertiary/aromatic N) is 1. The summed E-state index contributed by atoms with van der Waals surface area (Å²) in [6.07, 6.45) is 2.40. The molecule has 1 heterocycles. The summed E-state index contributed by atoms with van der Waals surface area (Å²) in [7, 11) is 2.24. The highest BCUT2D eigenvalue weighted by Gasteiger charge is 2.22. The number of ether oxygens (including phenoxy) is 1. The molecule has 0 N–H and O–H groups in total. The largest absolute Gasteiger partial charge is 0.381 e. The first-order valence-corrected chi connectivity index (χ1v) is 5.27. The molecule has 1 fully saturated rings. The van der Waals surface area contributed by atoms with Gasteiger partial charge in [0.2, 0.25) is 0 Å². The average Bonchev–Trinajstić information content (AvgIpc) is 2.03. The standard InChI is InChI=1S/C11H23NO/c1-11(2,3)9-12(4)10-5-7-13-8-6-10/h10H,5-9H2,1-4H3. The van der Waals surface area contributed by atoms with Crippen molar-refractivity contribution in [3.05, 3.63) is 0 Å². The third kappa shape index (κ3) is 4.10. The van der Waals surface area contributed by atoms with Crippen LogP contribution in [0.3, 0.4) is 0 Å². The second kappa shape index (κ2) is 4.43. The number of rotatable bonds is 2. The second-order valence-electron chi connectivity index (χ2n) is 5.32. The fraction of sp³-hybridized carbons (Fsp3) is 1.00. The quantitative estimate of drug-likeness (QED) is 0.653. The van der Waals surface area contributed by atoms with Gasteiger partial charge in [-0.1, -0.05) is 20.8 Å². The fourth-order valence-electron chi connectivity index (χ4n) is 2.00. The van der Waals surface area contributed by atoms with Gasteiger partial charge in [0.05, 0.1) is 0 Å². The van der Waals surface area contributed by atoms with Crippen LogP contribution in [0.4, 0.5) is 0 Å². The van der Waals surface area contributed by atoms with E-state index in [1.165, 1.54) is 19.4 Å².